The summed E-state index contributed by atoms with van der Waals surface area (Å²) < 4.78 is 1.08. The molecule has 0 aliphatic rings. The van der Waals surface area contributed by atoms with Gasteiger partial charge in [-0.2, -0.15) is 0 Å². The van der Waals surface area contributed by atoms with Gasteiger partial charge < -0.3 is 0 Å². The molecule has 0 radical (unpaired) electrons. The van der Waals surface area contributed by atoms with E-state index in [-0.39, 0.29) is 5.69 Å². The number of nitrogens with zero attached hydrogens (tertiary/aromatic N) is 2. The fourth-order valence-electron chi connectivity index (χ4n) is 0.751. The lowest BCUT2D eigenvalue weighted by atomic mass is 10.3. The summed E-state index contributed by atoms with van der Waals surface area (Å²) in [4.78, 5) is 14.0. The standard InChI is InChI=1S/C6H4BrIN2O2/c1-3-4(7)2-9-6(8)5(3)10(11)12/h2H,1H3. The number of hydrogen-bond acceptors (Lipinski definition) is 3. The Bertz CT molecular complexity index is 343. The molecule has 0 atom stereocenters. The first-order chi connectivity index (χ1) is 5.54. The molecule has 0 N–H and O–H groups in total. The lowest BCUT2D eigenvalue weighted by molar-refractivity contribution is -0.386. The molecule has 0 spiro atoms. The quantitative estimate of drug-likeness (QED) is 0.341. The largest absolute Gasteiger partial charge is 0.305 e. The number of hydrogen-bond donors (Lipinski definition) is 0. The molecule has 0 aromatic carbocycles. The van der Waals surface area contributed by atoms with Gasteiger partial charge in [-0.25, -0.2) is 4.98 Å². The average molecular weight is 343 g/mol. The Morgan fingerprint density at radius 2 is 2.33 bits per heavy atom. The molecule has 0 aliphatic heterocycles. The van der Waals surface area contributed by atoms with Crippen LogP contribution in [0.15, 0.2) is 10.7 Å². The molecule has 12 heavy (non-hydrogen) atoms. The Kier molecular flexibility index (Phi) is 2.99. The van der Waals surface area contributed by atoms with E-state index in [0.717, 1.165) is 0 Å². The molecular formula is C6H4BrIN2O2. The molecule has 1 aromatic heterocycles. The highest BCUT2D eigenvalue weighted by atomic mass is 127. The minimum absolute atomic E-state index is 0.0741. The summed E-state index contributed by atoms with van der Waals surface area (Å²) >= 11 is 5.02. The van der Waals surface area contributed by atoms with Crippen LogP contribution in [0.1, 0.15) is 5.56 Å². The maximum atomic E-state index is 10.5. The Balaban J connectivity index is 3.43. The van der Waals surface area contributed by atoms with Crippen molar-refractivity contribution in [1.82, 2.24) is 4.98 Å². The van der Waals surface area contributed by atoms with Crippen molar-refractivity contribution in [2.45, 2.75) is 6.92 Å². The van der Waals surface area contributed by atoms with Gasteiger partial charge in [0, 0.05) is 16.2 Å². The van der Waals surface area contributed by atoms with E-state index in [1.165, 1.54) is 0 Å². The Labute approximate surface area is 90.8 Å². The molecule has 0 bridgehead atoms. The second-order valence-electron chi connectivity index (χ2n) is 2.13. The molecule has 1 heterocycles. The predicted molar refractivity (Wildman–Crippen MR) is 56.0 cm³/mol. The first-order valence-electron chi connectivity index (χ1n) is 2.99. The molecule has 4 nitrogen and oxygen atoms in total. The highest BCUT2D eigenvalue weighted by Gasteiger charge is 2.18. The second-order valence-corrected chi connectivity index (χ2v) is 4.00. The summed E-state index contributed by atoms with van der Waals surface area (Å²) in [6, 6.07) is 0. The van der Waals surface area contributed by atoms with Crippen LogP contribution in [0.25, 0.3) is 0 Å². The van der Waals surface area contributed by atoms with Crippen LogP contribution in [0.5, 0.6) is 0 Å². The molecule has 1 aromatic rings. The monoisotopic (exact) mass is 342 g/mol. The van der Waals surface area contributed by atoms with E-state index in [4.69, 9.17) is 0 Å². The third kappa shape index (κ3) is 1.74. The van der Waals surface area contributed by atoms with E-state index in [2.05, 4.69) is 20.9 Å². The van der Waals surface area contributed by atoms with Gasteiger partial charge in [-0.3, -0.25) is 10.1 Å². The van der Waals surface area contributed by atoms with Gasteiger partial charge in [0.05, 0.1) is 4.92 Å². The van der Waals surface area contributed by atoms with Gasteiger partial charge >= 0.3 is 5.69 Å². The van der Waals surface area contributed by atoms with Gasteiger partial charge in [0.1, 0.15) is 0 Å². The van der Waals surface area contributed by atoms with E-state index >= 15 is 0 Å². The Hall–Kier alpha value is -0.240. The molecule has 6 heteroatoms. The van der Waals surface area contributed by atoms with Crippen LogP contribution in [0.3, 0.4) is 0 Å². The first kappa shape index (κ1) is 9.85. The predicted octanol–water partition coefficient (Wildman–Crippen LogP) is 2.67. The number of rotatable bonds is 1. The van der Waals surface area contributed by atoms with E-state index in [1.807, 2.05) is 22.6 Å². The smallest absolute Gasteiger partial charge is 0.258 e. The minimum Gasteiger partial charge on any atom is -0.258 e. The molecule has 0 saturated heterocycles. The maximum Gasteiger partial charge on any atom is 0.305 e. The summed E-state index contributed by atoms with van der Waals surface area (Å²) in [5, 5.41) is 10.5. The van der Waals surface area contributed by atoms with Crippen molar-refractivity contribution in [3.8, 4) is 0 Å². The third-order valence-electron chi connectivity index (χ3n) is 1.38. The van der Waals surface area contributed by atoms with E-state index < -0.39 is 4.92 Å². The summed E-state index contributed by atoms with van der Waals surface area (Å²) in [5.41, 5.74) is 0.685. The van der Waals surface area contributed by atoms with Crippen molar-refractivity contribution < 1.29 is 4.92 Å². The van der Waals surface area contributed by atoms with Crippen molar-refractivity contribution in [2.75, 3.05) is 0 Å². The zero-order chi connectivity index (χ0) is 9.30. The fraction of sp³-hybridized carbons (Fsp3) is 0.167. The van der Waals surface area contributed by atoms with Crippen molar-refractivity contribution in [3.63, 3.8) is 0 Å². The minimum atomic E-state index is -0.422. The number of aromatic nitrogens is 1. The molecular weight excluding hydrogens is 339 g/mol. The lowest BCUT2D eigenvalue weighted by Crippen LogP contribution is -1.97. The van der Waals surface area contributed by atoms with E-state index in [1.54, 1.807) is 13.1 Å². The second kappa shape index (κ2) is 3.65. The highest BCUT2D eigenvalue weighted by molar-refractivity contribution is 14.1. The van der Waals surface area contributed by atoms with Gasteiger partial charge in [0.2, 0.25) is 0 Å². The highest BCUT2D eigenvalue weighted by Crippen LogP contribution is 2.28. The SMILES string of the molecule is Cc1c(Br)cnc(I)c1[N+](=O)[O-]. The van der Waals surface area contributed by atoms with Gasteiger partial charge in [-0.1, -0.05) is 0 Å². The maximum absolute atomic E-state index is 10.5. The topological polar surface area (TPSA) is 56.0 Å². The van der Waals surface area contributed by atoms with Crippen LogP contribution in [-0.4, -0.2) is 9.91 Å². The van der Waals surface area contributed by atoms with Crippen LogP contribution in [-0.2, 0) is 0 Å². The van der Waals surface area contributed by atoms with Gasteiger partial charge in [-0.05, 0) is 45.4 Å². The fourth-order valence-corrected chi connectivity index (χ4v) is 1.78. The summed E-state index contributed by atoms with van der Waals surface area (Å²) in [5.74, 6) is 0. The third-order valence-corrected chi connectivity index (χ3v) is 2.97. The summed E-state index contributed by atoms with van der Waals surface area (Å²) in [6.07, 6.45) is 1.56. The van der Waals surface area contributed by atoms with E-state index in [9.17, 15) is 10.1 Å². The van der Waals surface area contributed by atoms with Crippen molar-refractivity contribution >= 4 is 44.2 Å². The van der Waals surface area contributed by atoms with Gasteiger partial charge in [0.15, 0.2) is 3.70 Å². The zero-order valence-corrected chi connectivity index (χ0v) is 9.79. The zero-order valence-electron chi connectivity index (χ0n) is 6.04. The van der Waals surface area contributed by atoms with E-state index in [0.29, 0.717) is 13.7 Å². The lowest BCUT2D eigenvalue weighted by Gasteiger charge is -1.99. The normalized spacial score (nSPS) is 9.92. The van der Waals surface area contributed by atoms with Crippen molar-refractivity contribution in [1.29, 1.82) is 0 Å². The molecule has 0 unspecified atom stereocenters. The molecule has 0 aliphatic carbocycles. The summed E-state index contributed by atoms with van der Waals surface area (Å²) in [7, 11) is 0. The average Bonchev–Trinajstić information content (AvgIpc) is 1.97. The Morgan fingerprint density at radius 1 is 1.75 bits per heavy atom. The number of pyridine rings is 1. The molecule has 0 amide bonds. The van der Waals surface area contributed by atoms with Crippen molar-refractivity contribution in [2.24, 2.45) is 0 Å². The van der Waals surface area contributed by atoms with Gasteiger partial charge in [0.25, 0.3) is 0 Å². The summed E-state index contributed by atoms with van der Waals surface area (Å²) in [6.45, 7) is 1.69. The van der Waals surface area contributed by atoms with Crippen LogP contribution in [0.2, 0.25) is 0 Å². The number of halogens is 2. The van der Waals surface area contributed by atoms with Crippen LogP contribution >= 0.6 is 38.5 Å². The Morgan fingerprint density at radius 3 is 2.75 bits per heavy atom. The molecule has 64 valence electrons. The first-order valence-corrected chi connectivity index (χ1v) is 4.86. The molecule has 1 rings (SSSR count). The molecule has 0 saturated carbocycles. The number of nitro groups is 1. The van der Waals surface area contributed by atoms with Crippen LogP contribution in [0, 0.1) is 20.7 Å². The van der Waals surface area contributed by atoms with Crippen LogP contribution in [0.4, 0.5) is 5.69 Å². The molecule has 0 fully saturated rings. The van der Waals surface area contributed by atoms with Crippen LogP contribution < -0.4 is 0 Å². The van der Waals surface area contributed by atoms with Crippen molar-refractivity contribution in [3.05, 3.63) is 30.0 Å². The van der Waals surface area contributed by atoms with Gasteiger partial charge in [-0.15, -0.1) is 0 Å².